The molecule has 0 aliphatic heterocycles. The normalized spacial score (nSPS) is 19.2. The molecule has 21 heavy (non-hydrogen) atoms. The van der Waals surface area contributed by atoms with Crippen LogP contribution in [-0.4, -0.2) is 7.05 Å². The average molecular weight is 377 g/mol. The van der Waals surface area contributed by atoms with E-state index in [1.807, 2.05) is 7.05 Å². The zero-order valence-corrected chi connectivity index (χ0v) is 15.3. The number of rotatable bonds is 5. The van der Waals surface area contributed by atoms with Crippen molar-refractivity contribution in [3.63, 3.8) is 0 Å². The summed E-state index contributed by atoms with van der Waals surface area (Å²) in [4.78, 5) is 0. The number of nitrogens with one attached hydrogen (secondary N) is 1. The van der Waals surface area contributed by atoms with E-state index in [1.54, 1.807) is 6.07 Å². The standard InChI is InChI=1S/C17H24BrClFN/c1-11(2)10-17(6-4-5-7-17)16(21-3)12-8-14(19)13(18)9-15(12)20/h8-9,11,16,21H,4-7,10H2,1-3H3. The average Bonchev–Trinajstić information content (AvgIpc) is 2.84. The lowest BCUT2D eigenvalue weighted by molar-refractivity contribution is 0.159. The van der Waals surface area contributed by atoms with Gasteiger partial charge < -0.3 is 5.32 Å². The smallest absolute Gasteiger partial charge is 0.129 e. The Morgan fingerprint density at radius 3 is 2.48 bits per heavy atom. The number of hydrogen-bond donors (Lipinski definition) is 1. The minimum Gasteiger partial charge on any atom is -0.312 e. The maximum atomic E-state index is 14.5. The van der Waals surface area contributed by atoms with Crippen LogP contribution in [0.2, 0.25) is 5.02 Å². The van der Waals surface area contributed by atoms with Crippen molar-refractivity contribution in [3.05, 3.63) is 33.0 Å². The van der Waals surface area contributed by atoms with Crippen LogP contribution in [0.25, 0.3) is 0 Å². The first-order valence-electron chi connectivity index (χ1n) is 7.71. The predicted molar refractivity (Wildman–Crippen MR) is 91.3 cm³/mol. The number of benzene rings is 1. The van der Waals surface area contributed by atoms with Gasteiger partial charge in [-0.25, -0.2) is 4.39 Å². The van der Waals surface area contributed by atoms with E-state index < -0.39 is 0 Å². The Kier molecular flexibility index (Phi) is 5.72. The molecule has 1 aromatic rings. The quantitative estimate of drug-likeness (QED) is 0.611. The largest absolute Gasteiger partial charge is 0.312 e. The first kappa shape index (κ1) is 17.2. The maximum Gasteiger partial charge on any atom is 0.129 e. The van der Waals surface area contributed by atoms with Crippen molar-refractivity contribution < 1.29 is 4.39 Å². The van der Waals surface area contributed by atoms with Crippen LogP contribution in [0.1, 0.15) is 57.6 Å². The highest BCUT2D eigenvalue weighted by Gasteiger charge is 2.42. The Labute approximate surface area is 140 Å². The highest BCUT2D eigenvalue weighted by atomic mass is 79.9. The van der Waals surface area contributed by atoms with Gasteiger partial charge in [-0.3, -0.25) is 0 Å². The van der Waals surface area contributed by atoms with E-state index in [4.69, 9.17) is 11.6 Å². The number of halogens is 3. The summed E-state index contributed by atoms with van der Waals surface area (Å²) in [5, 5.41) is 3.95. The molecule has 1 fully saturated rings. The van der Waals surface area contributed by atoms with Crippen LogP contribution in [0.3, 0.4) is 0 Å². The molecule has 118 valence electrons. The van der Waals surface area contributed by atoms with Gasteiger partial charge in [0.25, 0.3) is 0 Å². The van der Waals surface area contributed by atoms with Crippen LogP contribution in [-0.2, 0) is 0 Å². The molecule has 1 unspecified atom stereocenters. The van der Waals surface area contributed by atoms with Crippen molar-refractivity contribution >= 4 is 27.5 Å². The molecule has 0 spiro atoms. The molecule has 4 heteroatoms. The van der Waals surface area contributed by atoms with Gasteiger partial charge in [0.05, 0.1) is 5.02 Å². The van der Waals surface area contributed by atoms with Crippen molar-refractivity contribution in [3.8, 4) is 0 Å². The Hall–Kier alpha value is -0.120. The summed E-state index contributed by atoms with van der Waals surface area (Å²) in [5.41, 5.74) is 0.842. The SMILES string of the molecule is CNC(c1cc(Cl)c(Br)cc1F)C1(CC(C)C)CCCC1. The molecule has 0 aromatic heterocycles. The van der Waals surface area contributed by atoms with E-state index in [-0.39, 0.29) is 17.3 Å². The summed E-state index contributed by atoms with van der Waals surface area (Å²) < 4.78 is 15.1. The summed E-state index contributed by atoms with van der Waals surface area (Å²) >= 11 is 9.50. The second-order valence-electron chi connectivity index (χ2n) is 6.68. The third-order valence-corrected chi connectivity index (χ3v) is 5.86. The third kappa shape index (κ3) is 3.62. The Balaban J connectivity index is 2.44. The summed E-state index contributed by atoms with van der Waals surface area (Å²) in [6, 6.07) is 3.29. The lowest BCUT2D eigenvalue weighted by atomic mass is 9.70. The summed E-state index contributed by atoms with van der Waals surface area (Å²) in [7, 11) is 1.93. The molecule has 1 aliphatic carbocycles. The zero-order chi connectivity index (χ0) is 15.6. The third-order valence-electron chi connectivity index (χ3n) is 4.67. The fraction of sp³-hybridized carbons (Fsp3) is 0.647. The Morgan fingerprint density at radius 1 is 1.33 bits per heavy atom. The molecule has 0 bridgehead atoms. The van der Waals surface area contributed by atoms with Crippen LogP contribution < -0.4 is 5.32 Å². The van der Waals surface area contributed by atoms with Gasteiger partial charge in [-0.15, -0.1) is 0 Å². The molecule has 1 aromatic carbocycles. The van der Waals surface area contributed by atoms with Gasteiger partial charge in [-0.1, -0.05) is 38.3 Å². The molecule has 2 rings (SSSR count). The van der Waals surface area contributed by atoms with Gasteiger partial charge >= 0.3 is 0 Å². The second kappa shape index (κ2) is 6.97. The molecule has 1 atom stereocenters. The van der Waals surface area contributed by atoms with E-state index in [9.17, 15) is 4.39 Å². The van der Waals surface area contributed by atoms with E-state index in [2.05, 4.69) is 35.1 Å². The van der Waals surface area contributed by atoms with Crippen molar-refractivity contribution in [1.29, 1.82) is 0 Å². The van der Waals surface area contributed by atoms with Gasteiger partial charge in [-0.05, 0) is 65.7 Å². The summed E-state index contributed by atoms with van der Waals surface area (Å²) in [6.07, 6.45) is 5.90. The van der Waals surface area contributed by atoms with Crippen LogP contribution in [0, 0.1) is 17.2 Å². The lowest BCUT2D eigenvalue weighted by Gasteiger charge is -2.39. The fourth-order valence-electron chi connectivity index (χ4n) is 4.05. The minimum atomic E-state index is -0.180. The molecule has 0 amide bonds. The molecule has 0 saturated heterocycles. The Morgan fingerprint density at radius 2 is 1.95 bits per heavy atom. The molecule has 1 saturated carbocycles. The Bertz CT molecular complexity index is 498. The van der Waals surface area contributed by atoms with Crippen molar-refractivity contribution in [1.82, 2.24) is 5.32 Å². The monoisotopic (exact) mass is 375 g/mol. The van der Waals surface area contributed by atoms with Crippen LogP contribution in [0.4, 0.5) is 4.39 Å². The van der Waals surface area contributed by atoms with E-state index in [1.165, 1.54) is 18.9 Å². The van der Waals surface area contributed by atoms with Crippen LogP contribution in [0.5, 0.6) is 0 Å². The van der Waals surface area contributed by atoms with Crippen LogP contribution in [0.15, 0.2) is 16.6 Å². The first-order valence-corrected chi connectivity index (χ1v) is 8.88. The molecule has 0 heterocycles. The molecular formula is C17H24BrClFN. The van der Waals surface area contributed by atoms with E-state index in [0.29, 0.717) is 21.0 Å². The summed E-state index contributed by atoms with van der Waals surface area (Å²) in [6.45, 7) is 4.50. The van der Waals surface area contributed by atoms with Crippen LogP contribution >= 0.6 is 27.5 Å². The van der Waals surface area contributed by atoms with Gasteiger partial charge in [0.1, 0.15) is 5.82 Å². The van der Waals surface area contributed by atoms with Crippen molar-refractivity contribution in [2.75, 3.05) is 7.05 Å². The lowest BCUT2D eigenvalue weighted by Crippen LogP contribution is -2.36. The molecule has 1 nitrogen and oxygen atoms in total. The fourth-order valence-corrected chi connectivity index (χ4v) is 4.54. The topological polar surface area (TPSA) is 12.0 Å². The van der Waals surface area contributed by atoms with Gasteiger partial charge in [0, 0.05) is 16.1 Å². The molecule has 0 radical (unpaired) electrons. The molecule has 1 aliphatic rings. The van der Waals surface area contributed by atoms with Gasteiger partial charge in [0.15, 0.2) is 0 Å². The maximum absolute atomic E-state index is 14.5. The van der Waals surface area contributed by atoms with Crippen molar-refractivity contribution in [2.24, 2.45) is 11.3 Å². The second-order valence-corrected chi connectivity index (χ2v) is 7.94. The van der Waals surface area contributed by atoms with E-state index in [0.717, 1.165) is 19.3 Å². The van der Waals surface area contributed by atoms with Gasteiger partial charge in [0.2, 0.25) is 0 Å². The highest BCUT2D eigenvalue weighted by Crippen LogP contribution is 2.52. The van der Waals surface area contributed by atoms with Crippen molar-refractivity contribution in [2.45, 2.75) is 52.0 Å². The predicted octanol–water partition coefficient (Wildman–Crippen LogP) is 6.11. The molecular weight excluding hydrogens is 353 g/mol. The molecule has 1 N–H and O–H groups in total. The summed E-state index contributed by atoms with van der Waals surface area (Å²) in [5.74, 6) is 0.425. The minimum absolute atomic E-state index is 0.0213. The highest BCUT2D eigenvalue weighted by molar-refractivity contribution is 9.10. The van der Waals surface area contributed by atoms with E-state index >= 15 is 0 Å². The number of hydrogen-bond acceptors (Lipinski definition) is 1. The zero-order valence-electron chi connectivity index (χ0n) is 13.0. The first-order chi connectivity index (χ1) is 9.89. The van der Waals surface area contributed by atoms with Gasteiger partial charge in [-0.2, -0.15) is 0 Å².